The van der Waals surface area contributed by atoms with Gasteiger partial charge in [0.25, 0.3) is 0 Å². The number of nitrogens with zero attached hydrogens (tertiary/aromatic N) is 4. The summed E-state index contributed by atoms with van der Waals surface area (Å²) < 4.78 is 2.16. The van der Waals surface area contributed by atoms with Crippen LogP contribution in [0, 0.1) is 11.3 Å². The third-order valence-electron chi connectivity index (χ3n) is 3.81. The first-order chi connectivity index (χ1) is 11.1. The molecular formula is C17H24N5S+. The first-order valence-corrected chi connectivity index (χ1v) is 8.78. The average molecular weight is 330 g/mol. The summed E-state index contributed by atoms with van der Waals surface area (Å²) in [4.78, 5) is 1.33. The molecule has 0 aliphatic rings. The molecule has 2 atom stereocenters. The summed E-state index contributed by atoms with van der Waals surface area (Å²) in [6, 6.07) is 12.9. The van der Waals surface area contributed by atoms with Crippen molar-refractivity contribution in [1.29, 1.82) is 5.26 Å². The fourth-order valence-electron chi connectivity index (χ4n) is 2.59. The van der Waals surface area contributed by atoms with E-state index >= 15 is 0 Å². The number of hydrogen-bond acceptors (Lipinski definition) is 4. The minimum absolute atomic E-state index is 0.145. The highest BCUT2D eigenvalue weighted by molar-refractivity contribution is 8.00. The van der Waals surface area contributed by atoms with Crippen molar-refractivity contribution in [2.24, 2.45) is 0 Å². The van der Waals surface area contributed by atoms with Crippen LogP contribution in [-0.4, -0.2) is 34.1 Å². The van der Waals surface area contributed by atoms with E-state index in [4.69, 9.17) is 5.26 Å². The van der Waals surface area contributed by atoms with E-state index in [0.717, 1.165) is 23.9 Å². The highest BCUT2D eigenvalue weighted by Crippen LogP contribution is 2.25. The zero-order valence-corrected chi connectivity index (χ0v) is 15.0. The van der Waals surface area contributed by atoms with Crippen LogP contribution in [0.15, 0.2) is 35.5 Å². The van der Waals surface area contributed by atoms with Crippen molar-refractivity contribution in [3.63, 3.8) is 0 Å². The molecule has 1 aromatic heterocycles. The first kappa shape index (κ1) is 17.5. The monoisotopic (exact) mass is 330 g/mol. The largest absolute Gasteiger partial charge is 0.331 e. The molecule has 1 aromatic carbocycles. The molecule has 0 amide bonds. The molecule has 0 fully saturated rings. The van der Waals surface area contributed by atoms with Crippen LogP contribution in [0.3, 0.4) is 0 Å². The molecule has 0 aliphatic carbocycles. The Morgan fingerprint density at radius 3 is 2.52 bits per heavy atom. The molecule has 5 nitrogen and oxygen atoms in total. The molecule has 2 aromatic rings. The van der Waals surface area contributed by atoms with Crippen LogP contribution in [0.2, 0.25) is 0 Å². The van der Waals surface area contributed by atoms with Crippen molar-refractivity contribution in [3.8, 4) is 6.07 Å². The van der Waals surface area contributed by atoms with Crippen LogP contribution in [0.4, 0.5) is 0 Å². The Bertz CT molecular complexity index is 659. The minimum Gasteiger partial charge on any atom is -0.331 e. The van der Waals surface area contributed by atoms with E-state index in [1.165, 1.54) is 22.2 Å². The highest BCUT2D eigenvalue weighted by atomic mass is 32.2. The zero-order valence-electron chi connectivity index (χ0n) is 14.2. The van der Waals surface area contributed by atoms with Gasteiger partial charge in [-0.05, 0) is 12.5 Å². The minimum atomic E-state index is -0.145. The van der Waals surface area contributed by atoms with Crippen LogP contribution < -0.4 is 4.90 Å². The predicted molar refractivity (Wildman–Crippen MR) is 92.3 cm³/mol. The number of benzene rings is 1. The second kappa shape index (κ2) is 8.14. The molecule has 1 N–H and O–H groups in total. The molecule has 0 saturated heterocycles. The summed E-state index contributed by atoms with van der Waals surface area (Å²) in [7, 11) is 4.28. The number of aromatic nitrogens is 3. The third-order valence-corrected chi connectivity index (χ3v) is 4.78. The Balaban J connectivity index is 2.40. The Hall–Kier alpha value is -1.84. The number of hydrogen-bond donors (Lipinski definition) is 1. The molecule has 1 heterocycles. The van der Waals surface area contributed by atoms with Crippen molar-refractivity contribution in [2.45, 2.75) is 43.3 Å². The van der Waals surface area contributed by atoms with Crippen LogP contribution in [0.25, 0.3) is 0 Å². The fourth-order valence-corrected chi connectivity index (χ4v) is 3.34. The highest BCUT2D eigenvalue weighted by Gasteiger charge is 2.25. The van der Waals surface area contributed by atoms with Gasteiger partial charge in [-0.2, -0.15) is 5.26 Å². The molecule has 0 spiro atoms. The summed E-state index contributed by atoms with van der Waals surface area (Å²) in [5.41, 5.74) is 1.21. The van der Waals surface area contributed by atoms with E-state index < -0.39 is 0 Å². The van der Waals surface area contributed by atoms with E-state index in [1.807, 2.05) is 25.1 Å². The van der Waals surface area contributed by atoms with Gasteiger partial charge in [-0.3, -0.25) is 4.57 Å². The van der Waals surface area contributed by atoms with Gasteiger partial charge in [-0.1, -0.05) is 49.0 Å². The van der Waals surface area contributed by atoms with Crippen LogP contribution in [0.5, 0.6) is 0 Å². The number of nitriles is 1. The van der Waals surface area contributed by atoms with Gasteiger partial charge in [0.15, 0.2) is 11.0 Å². The maximum atomic E-state index is 9.09. The van der Waals surface area contributed by atoms with Gasteiger partial charge in [0.2, 0.25) is 0 Å². The number of thioether (sulfide) groups is 1. The summed E-state index contributed by atoms with van der Waals surface area (Å²) in [5.74, 6) is 0.990. The van der Waals surface area contributed by atoms with Crippen molar-refractivity contribution >= 4 is 11.8 Å². The predicted octanol–water partition coefficient (Wildman–Crippen LogP) is 1.93. The maximum Gasteiger partial charge on any atom is 0.192 e. The molecule has 0 radical (unpaired) electrons. The summed E-state index contributed by atoms with van der Waals surface area (Å²) in [6.45, 7) is 4.79. The van der Waals surface area contributed by atoms with Crippen molar-refractivity contribution in [3.05, 3.63) is 41.7 Å². The summed E-state index contributed by atoms with van der Waals surface area (Å²) in [6.07, 6.45) is 0.994. The molecule has 0 unspecified atom stereocenters. The number of quaternary nitrogens is 1. The molecule has 2 rings (SSSR count). The topological polar surface area (TPSA) is 58.9 Å². The van der Waals surface area contributed by atoms with Crippen molar-refractivity contribution in [1.82, 2.24) is 14.8 Å². The van der Waals surface area contributed by atoms with Gasteiger partial charge in [0, 0.05) is 6.42 Å². The first-order valence-electron chi connectivity index (χ1n) is 7.90. The quantitative estimate of drug-likeness (QED) is 0.788. The van der Waals surface area contributed by atoms with Crippen LogP contribution in [0.1, 0.15) is 37.7 Å². The Morgan fingerprint density at radius 1 is 1.26 bits per heavy atom. The summed E-state index contributed by atoms with van der Waals surface area (Å²) >= 11 is 1.47. The Morgan fingerprint density at radius 2 is 1.96 bits per heavy atom. The van der Waals surface area contributed by atoms with E-state index in [0.29, 0.717) is 0 Å². The van der Waals surface area contributed by atoms with Gasteiger partial charge in [0.1, 0.15) is 6.04 Å². The molecule has 122 valence electrons. The lowest BCUT2D eigenvalue weighted by Gasteiger charge is -2.20. The lowest BCUT2D eigenvalue weighted by atomic mass is 10.2. The standard InChI is InChI=1S/C17H23N5S/c1-5-15(21(3)4)16-19-20-17(23-13(2)11-18)22(16)12-14-9-7-6-8-10-14/h6-10,13,15H,5,12H2,1-4H3/p+1/t13-,15-/m0/s1. The average Bonchev–Trinajstić information content (AvgIpc) is 2.91. The lowest BCUT2D eigenvalue weighted by Crippen LogP contribution is -3.06. The molecule has 23 heavy (non-hydrogen) atoms. The number of rotatable bonds is 7. The van der Waals surface area contributed by atoms with Gasteiger partial charge >= 0.3 is 0 Å². The van der Waals surface area contributed by atoms with Crippen molar-refractivity contribution in [2.75, 3.05) is 14.1 Å². The van der Waals surface area contributed by atoms with Crippen molar-refractivity contribution < 1.29 is 4.90 Å². The maximum absolute atomic E-state index is 9.09. The molecule has 0 aliphatic heterocycles. The molecular weight excluding hydrogens is 306 g/mol. The molecule has 0 bridgehead atoms. The fraction of sp³-hybridized carbons (Fsp3) is 0.471. The normalized spacial score (nSPS) is 13.7. The van der Waals surface area contributed by atoms with E-state index in [9.17, 15) is 0 Å². The van der Waals surface area contributed by atoms with Gasteiger partial charge in [-0.15, -0.1) is 10.2 Å². The van der Waals surface area contributed by atoms with Crippen LogP contribution in [-0.2, 0) is 6.54 Å². The van der Waals surface area contributed by atoms with E-state index in [-0.39, 0.29) is 11.3 Å². The lowest BCUT2D eigenvalue weighted by molar-refractivity contribution is -0.893. The molecule has 0 saturated carbocycles. The second-order valence-electron chi connectivity index (χ2n) is 5.84. The SMILES string of the molecule is CC[C@@H](c1nnc(S[C@@H](C)C#N)n1Cc1ccccc1)[NH+](C)C. The zero-order chi connectivity index (χ0) is 16.8. The smallest absolute Gasteiger partial charge is 0.192 e. The van der Waals surface area contributed by atoms with E-state index in [2.05, 4.69) is 54.0 Å². The molecule has 6 heteroatoms. The van der Waals surface area contributed by atoms with Gasteiger partial charge in [-0.25, -0.2) is 0 Å². The van der Waals surface area contributed by atoms with E-state index in [1.54, 1.807) is 0 Å². The van der Waals surface area contributed by atoms with Crippen LogP contribution >= 0.6 is 11.8 Å². The van der Waals surface area contributed by atoms with Gasteiger partial charge in [0.05, 0.1) is 32.0 Å². The summed E-state index contributed by atoms with van der Waals surface area (Å²) in [5, 5.41) is 18.6. The number of nitrogens with one attached hydrogen (secondary N) is 1. The second-order valence-corrected chi connectivity index (χ2v) is 7.15. The Kier molecular flexibility index (Phi) is 6.20. The van der Waals surface area contributed by atoms with Gasteiger partial charge < -0.3 is 4.90 Å². The third kappa shape index (κ3) is 4.34. The Labute approximate surface area is 142 Å².